The molecule has 0 saturated carbocycles. The summed E-state index contributed by atoms with van der Waals surface area (Å²) in [6, 6.07) is 9.01. The predicted octanol–water partition coefficient (Wildman–Crippen LogP) is 3.71. The lowest BCUT2D eigenvalue weighted by molar-refractivity contribution is -0.122. The number of alkyl carbamates (subject to hydrolysis) is 1. The number of hydrogen-bond acceptors (Lipinski definition) is 3. The first kappa shape index (κ1) is 19.7. The highest BCUT2D eigenvalue weighted by Gasteiger charge is 2.24. The Morgan fingerprint density at radius 1 is 1.17 bits per heavy atom. The van der Waals surface area contributed by atoms with E-state index in [4.69, 9.17) is 4.74 Å². The molecule has 0 spiro atoms. The number of ether oxygens (including phenoxy) is 1. The van der Waals surface area contributed by atoms with Crippen molar-refractivity contribution < 1.29 is 14.3 Å². The number of rotatable bonds is 6. The molecular formula is C19H28N2O3. The van der Waals surface area contributed by atoms with Gasteiger partial charge in [0.2, 0.25) is 5.91 Å². The van der Waals surface area contributed by atoms with E-state index in [2.05, 4.69) is 10.6 Å². The molecule has 0 heterocycles. The molecule has 0 bridgehead atoms. The Labute approximate surface area is 144 Å². The van der Waals surface area contributed by atoms with E-state index in [1.165, 1.54) is 0 Å². The van der Waals surface area contributed by atoms with Gasteiger partial charge in [0.1, 0.15) is 11.6 Å². The molecular weight excluding hydrogens is 304 g/mol. The molecule has 24 heavy (non-hydrogen) atoms. The van der Waals surface area contributed by atoms with Crippen LogP contribution < -0.4 is 10.6 Å². The SMILES string of the molecule is CC(C)C[C@H](NC(=O)OC(C)(C)C)C(=O)N/C=C/c1ccccc1. The summed E-state index contributed by atoms with van der Waals surface area (Å²) in [7, 11) is 0. The van der Waals surface area contributed by atoms with Crippen LogP contribution in [0.1, 0.15) is 46.6 Å². The number of carbonyl (C=O) groups is 2. The lowest BCUT2D eigenvalue weighted by atomic mass is 10.0. The van der Waals surface area contributed by atoms with Crippen molar-refractivity contribution in [3.8, 4) is 0 Å². The largest absolute Gasteiger partial charge is 0.444 e. The van der Waals surface area contributed by atoms with Crippen molar-refractivity contribution >= 4 is 18.1 Å². The lowest BCUT2D eigenvalue weighted by Crippen LogP contribution is -2.47. The fourth-order valence-electron chi connectivity index (χ4n) is 2.04. The molecule has 5 nitrogen and oxygen atoms in total. The number of hydrogen-bond donors (Lipinski definition) is 2. The molecule has 0 aliphatic carbocycles. The maximum Gasteiger partial charge on any atom is 0.408 e. The van der Waals surface area contributed by atoms with Crippen LogP contribution in [0.3, 0.4) is 0 Å². The summed E-state index contributed by atoms with van der Waals surface area (Å²) in [5.41, 5.74) is 0.384. The molecule has 0 aliphatic rings. The second-order valence-corrected chi connectivity index (χ2v) is 7.08. The highest BCUT2D eigenvalue weighted by Crippen LogP contribution is 2.09. The Morgan fingerprint density at radius 3 is 2.33 bits per heavy atom. The third-order valence-electron chi connectivity index (χ3n) is 3.02. The molecule has 2 N–H and O–H groups in total. The average Bonchev–Trinajstić information content (AvgIpc) is 2.45. The minimum atomic E-state index is -0.639. The van der Waals surface area contributed by atoms with Crippen LogP contribution in [0.25, 0.3) is 6.08 Å². The number of amides is 2. The highest BCUT2D eigenvalue weighted by molar-refractivity contribution is 5.86. The maximum absolute atomic E-state index is 12.3. The van der Waals surface area contributed by atoms with E-state index in [0.717, 1.165) is 5.56 Å². The van der Waals surface area contributed by atoms with Crippen LogP contribution in [0.5, 0.6) is 0 Å². The lowest BCUT2D eigenvalue weighted by Gasteiger charge is -2.23. The third-order valence-corrected chi connectivity index (χ3v) is 3.02. The molecule has 1 aromatic rings. The summed E-state index contributed by atoms with van der Waals surface area (Å²) in [6.45, 7) is 9.35. The summed E-state index contributed by atoms with van der Waals surface area (Å²) >= 11 is 0. The molecule has 1 aromatic carbocycles. The van der Waals surface area contributed by atoms with E-state index in [1.54, 1.807) is 33.0 Å². The van der Waals surface area contributed by atoms with Gasteiger partial charge in [0.05, 0.1) is 0 Å². The van der Waals surface area contributed by atoms with Crippen molar-refractivity contribution in [3.63, 3.8) is 0 Å². The van der Waals surface area contributed by atoms with Gasteiger partial charge in [-0.3, -0.25) is 4.79 Å². The van der Waals surface area contributed by atoms with E-state index in [-0.39, 0.29) is 11.8 Å². The first-order chi connectivity index (χ1) is 11.2. The van der Waals surface area contributed by atoms with Crippen LogP contribution >= 0.6 is 0 Å². The van der Waals surface area contributed by atoms with Gasteiger partial charge in [0, 0.05) is 6.20 Å². The average molecular weight is 332 g/mol. The fraction of sp³-hybridized carbons (Fsp3) is 0.474. The Morgan fingerprint density at radius 2 is 1.79 bits per heavy atom. The van der Waals surface area contributed by atoms with Crippen LogP contribution in [0.4, 0.5) is 4.79 Å². The van der Waals surface area contributed by atoms with Gasteiger partial charge >= 0.3 is 6.09 Å². The van der Waals surface area contributed by atoms with Gasteiger partial charge in [0.25, 0.3) is 0 Å². The molecule has 2 amide bonds. The molecule has 0 saturated heterocycles. The summed E-state index contributed by atoms with van der Waals surface area (Å²) in [5.74, 6) is -0.00414. The maximum atomic E-state index is 12.3. The molecule has 132 valence electrons. The second kappa shape index (κ2) is 9.11. The van der Waals surface area contributed by atoms with Crippen LogP contribution in [-0.2, 0) is 9.53 Å². The van der Waals surface area contributed by atoms with Crippen LogP contribution in [0.2, 0.25) is 0 Å². The second-order valence-electron chi connectivity index (χ2n) is 7.08. The summed E-state index contributed by atoms with van der Waals surface area (Å²) in [4.78, 5) is 24.3. The first-order valence-corrected chi connectivity index (χ1v) is 8.19. The van der Waals surface area contributed by atoms with Crippen LogP contribution in [0.15, 0.2) is 36.5 Å². The van der Waals surface area contributed by atoms with Crippen molar-refractivity contribution in [2.45, 2.75) is 52.7 Å². The number of benzene rings is 1. The first-order valence-electron chi connectivity index (χ1n) is 8.19. The molecule has 1 rings (SSSR count). The van der Waals surface area contributed by atoms with Crippen molar-refractivity contribution in [2.24, 2.45) is 5.92 Å². The molecule has 0 aliphatic heterocycles. The Hall–Kier alpha value is -2.30. The standard InChI is InChI=1S/C19H28N2O3/c1-14(2)13-16(21-18(23)24-19(3,4)5)17(22)20-12-11-15-9-7-6-8-10-15/h6-12,14,16H,13H2,1-5H3,(H,20,22)(H,21,23)/b12-11+/t16-/m0/s1. The molecule has 5 heteroatoms. The zero-order valence-corrected chi connectivity index (χ0v) is 15.1. The molecule has 0 radical (unpaired) electrons. The summed E-state index contributed by atoms with van der Waals surface area (Å²) in [6.07, 6.45) is 3.33. The fourth-order valence-corrected chi connectivity index (χ4v) is 2.04. The monoisotopic (exact) mass is 332 g/mol. The van der Waals surface area contributed by atoms with Gasteiger partial charge in [-0.1, -0.05) is 44.2 Å². The zero-order valence-electron chi connectivity index (χ0n) is 15.1. The van der Waals surface area contributed by atoms with Gasteiger partial charge in [0.15, 0.2) is 0 Å². The van der Waals surface area contributed by atoms with Crippen LogP contribution in [0, 0.1) is 5.92 Å². The van der Waals surface area contributed by atoms with E-state index in [1.807, 2.05) is 44.2 Å². The van der Waals surface area contributed by atoms with Crippen molar-refractivity contribution in [1.82, 2.24) is 10.6 Å². The van der Waals surface area contributed by atoms with Gasteiger partial charge in [-0.15, -0.1) is 0 Å². The van der Waals surface area contributed by atoms with E-state index in [9.17, 15) is 9.59 Å². The summed E-state index contributed by atoms with van der Waals surface area (Å²) in [5, 5.41) is 5.36. The Bertz CT molecular complexity index is 560. The normalized spacial score (nSPS) is 12.9. The molecule has 0 fully saturated rings. The molecule has 1 atom stereocenters. The third kappa shape index (κ3) is 8.36. The number of nitrogens with one attached hydrogen (secondary N) is 2. The minimum absolute atomic E-state index is 0.258. The molecule has 0 aromatic heterocycles. The Kier molecular flexibility index (Phi) is 7.49. The van der Waals surface area contributed by atoms with E-state index < -0.39 is 17.7 Å². The van der Waals surface area contributed by atoms with Gasteiger partial charge in [-0.2, -0.15) is 0 Å². The smallest absolute Gasteiger partial charge is 0.408 e. The van der Waals surface area contributed by atoms with Gasteiger partial charge in [-0.05, 0) is 44.7 Å². The van der Waals surface area contributed by atoms with Crippen molar-refractivity contribution in [3.05, 3.63) is 42.1 Å². The van der Waals surface area contributed by atoms with E-state index >= 15 is 0 Å². The van der Waals surface area contributed by atoms with Gasteiger partial charge in [-0.25, -0.2) is 4.79 Å². The predicted molar refractivity (Wildman–Crippen MR) is 96.2 cm³/mol. The topological polar surface area (TPSA) is 67.4 Å². The summed E-state index contributed by atoms with van der Waals surface area (Å²) < 4.78 is 5.23. The minimum Gasteiger partial charge on any atom is -0.444 e. The zero-order chi connectivity index (χ0) is 18.2. The highest BCUT2D eigenvalue weighted by atomic mass is 16.6. The van der Waals surface area contributed by atoms with Crippen LogP contribution in [-0.4, -0.2) is 23.6 Å². The van der Waals surface area contributed by atoms with Crippen molar-refractivity contribution in [2.75, 3.05) is 0 Å². The van der Waals surface area contributed by atoms with Crippen molar-refractivity contribution in [1.29, 1.82) is 0 Å². The Balaban J connectivity index is 2.64. The van der Waals surface area contributed by atoms with E-state index in [0.29, 0.717) is 6.42 Å². The molecule has 0 unspecified atom stereocenters. The quantitative estimate of drug-likeness (QED) is 0.834. The number of carbonyl (C=O) groups excluding carboxylic acids is 2. The van der Waals surface area contributed by atoms with Gasteiger partial charge < -0.3 is 15.4 Å².